The predicted octanol–water partition coefficient (Wildman–Crippen LogP) is 8.70. The normalized spacial score (nSPS) is 13.0. The van der Waals surface area contributed by atoms with Crippen molar-refractivity contribution >= 4 is 31.1 Å². The molecule has 0 heterocycles. The topological polar surface area (TPSA) is 36.3 Å². The fourth-order valence-corrected chi connectivity index (χ4v) is 3.99. The maximum Gasteiger partial charge on any atom is 0.154 e. The molecule has 33 heavy (non-hydrogen) atoms. The monoisotopic (exact) mass is 494 g/mol. The summed E-state index contributed by atoms with van der Waals surface area (Å²) < 4.78 is 6.07. The van der Waals surface area contributed by atoms with Crippen LogP contribution in [0.25, 0.3) is 0 Å². The van der Waals surface area contributed by atoms with Crippen molar-refractivity contribution in [2.24, 2.45) is 5.41 Å². The van der Waals surface area contributed by atoms with Gasteiger partial charge < -0.3 is 15.0 Å². The Morgan fingerprint density at radius 2 is 1.79 bits per heavy atom. The van der Waals surface area contributed by atoms with Crippen molar-refractivity contribution in [1.29, 1.82) is 5.41 Å². The lowest BCUT2D eigenvalue weighted by atomic mass is 9.93. The Morgan fingerprint density at radius 3 is 2.27 bits per heavy atom. The Morgan fingerprint density at radius 1 is 1.21 bits per heavy atom. The molecule has 1 unspecified atom stereocenters. The number of hydrogen-bond acceptors (Lipinski definition) is 5. The third kappa shape index (κ3) is 14.0. The van der Waals surface area contributed by atoms with E-state index in [4.69, 9.17) is 10.1 Å². The van der Waals surface area contributed by atoms with Crippen LogP contribution >= 0.6 is 24.4 Å². The zero-order valence-electron chi connectivity index (χ0n) is 23.1. The van der Waals surface area contributed by atoms with Gasteiger partial charge in [-0.3, -0.25) is 0 Å². The lowest BCUT2D eigenvalue weighted by Crippen LogP contribution is -2.20. The highest BCUT2D eigenvalue weighted by atomic mass is 32.2. The van der Waals surface area contributed by atoms with Crippen LogP contribution < -0.4 is 4.74 Å². The van der Waals surface area contributed by atoms with Crippen LogP contribution in [0.15, 0.2) is 34.3 Å². The number of likely N-dealkylation sites (N-methyl/N-ethyl adjacent to an activating group) is 1. The minimum absolute atomic E-state index is 0.283. The summed E-state index contributed by atoms with van der Waals surface area (Å²) >= 11 is 6.53. The number of thioether (sulfide) groups is 1. The van der Waals surface area contributed by atoms with E-state index in [9.17, 15) is 0 Å². The average Bonchev–Trinajstić information content (AvgIpc) is 2.79. The highest BCUT2D eigenvalue weighted by Crippen LogP contribution is 2.36. The first kappa shape index (κ1) is 34.0. The SMILES string of the molecule is C/C=C(/C/C=C(\S)Oc1cc(C)c(CCN(C)CC)cc1C)SC(C)C(C)(C)C.C=N.CC. The Bertz CT molecular complexity index is 736. The van der Waals surface area contributed by atoms with Gasteiger partial charge in [-0.05, 0) is 86.7 Å². The summed E-state index contributed by atoms with van der Waals surface area (Å²) in [5, 5.41) is 6.71. The first-order chi connectivity index (χ1) is 15.5. The van der Waals surface area contributed by atoms with E-state index in [0.717, 1.165) is 37.2 Å². The number of aryl methyl sites for hydroxylation is 2. The first-order valence-electron chi connectivity index (χ1n) is 12.0. The van der Waals surface area contributed by atoms with Crippen LogP contribution in [0.5, 0.6) is 5.75 Å². The molecule has 0 spiro atoms. The minimum Gasteiger partial charge on any atom is -0.451 e. The van der Waals surface area contributed by atoms with Gasteiger partial charge in [0, 0.05) is 18.2 Å². The van der Waals surface area contributed by atoms with Crippen LogP contribution in [-0.2, 0) is 6.42 Å². The maximum atomic E-state index is 6.07. The van der Waals surface area contributed by atoms with Gasteiger partial charge in [-0.1, -0.05) is 60.6 Å². The molecular weight excluding hydrogens is 444 g/mol. The molecule has 0 aliphatic carbocycles. The second kappa shape index (κ2) is 18.2. The summed E-state index contributed by atoms with van der Waals surface area (Å²) in [5.41, 5.74) is 4.11. The molecule has 1 aromatic rings. The highest BCUT2D eigenvalue weighted by Gasteiger charge is 2.21. The van der Waals surface area contributed by atoms with Gasteiger partial charge in [-0.25, -0.2) is 0 Å². The van der Waals surface area contributed by atoms with E-state index in [0.29, 0.717) is 10.3 Å². The average molecular weight is 495 g/mol. The largest absolute Gasteiger partial charge is 0.451 e. The zero-order chi connectivity index (χ0) is 26.2. The number of nitrogens with one attached hydrogen (secondary N) is 1. The molecule has 0 saturated carbocycles. The highest BCUT2D eigenvalue weighted by molar-refractivity contribution is 8.03. The Balaban J connectivity index is 0. The summed E-state index contributed by atoms with van der Waals surface area (Å²) in [7, 11) is 2.16. The fourth-order valence-electron chi connectivity index (χ4n) is 2.68. The van der Waals surface area contributed by atoms with E-state index in [1.165, 1.54) is 16.0 Å². The fraction of sp³-hybridized carbons (Fsp3) is 0.607. The predicted molar refractivity (Wildman–Crippen MR) is 157 cm³/mol. The van der Waals surface area contributed by atoms with Crippen LogP contribution in [0.3, 0.4) is 0 Å². The van der Waals surface area contributed by atoms with Crippen LogP contribution in [-0.4, -0.2) is 37.0 Å². The van der Waals surface area contributed by atoms with Gasteiger partial charge in [0.1, 0.15) is 5.75 Å². The molecule has 0 saturated heterocycles. The van der Waals surface area contributed by atoms with Crippen molar-refractivity contribution in [3.63, 3.8) is 0 Å². The molecule has 3 nitrogen and oxygen atoms in total. The number of thiol groups is 1. The van der Waals surface area contributed by atoms with Crippen LogP contribution in [0.2, 0.25) is 0 Å². The van der Waals surface area contributed by atoms with E-state index < -0.39 is 0 Å². The van der Waals surface area contributed by atoms with Crippen LogP contribution in [0.4, 0.5) is 0 Å². The van der Waals surface area contributed by atoms with Gasteiger partial charge in [0.05, 0.1) is 0 Å². The number of hydrogen-bond donors (Lipinski definition) is 2. The van der Waals surface area contributed by atoms with Crippen molar-refractivity contribution in [1.82, 2.24) is 4.90 Å². The van der Waals surface area contributed by atoms with Crippen molar-refractivity contribution < 1.29 is 4.74 Å². The molecule has 0 aromatic heterocycles. The van der Waals surface area contributed by atoms with Crippen LogP contribution in [0.1, 0.15) is 78.5 Å². The third-order valence-corrected chi connectivity index (χ3v) is 7.54. The van der Waals surface area contributed by atoms with Crippen molar-refractivity contribution in [2.75, 3.05) is 20.1 Å². The standard InChI is InChI=1S/C25H41NOS2.C2H6.CH3N/c1-10-22(29-20(5)25(6,7)8)12-13-24(28)27-23-17-18(3)21(16-19(23)4)14-15-26(9)11-2;2*1-2/h10,13,16-17,20,28H,11-12,14-15H2,1-9H3;1-2H3;2H,1H2/b22-10-,24-13-;;. The quantitative estimate of drug-likeness (QED) is 0.194. The number of allylic oxidation sites excluding steroid dienone is 3. The molecule has 0 aliphatic rings. The van der Waals surface area contributed by atoms with Crippen LogP contribution in [0, 0.1) is 24.7 Å². The molecule has 5 heteroatoms. The molecule has 1 N–H and O–H groups in total. The Kier molecular flexibility index (Phi) is 18.7. The zero-order valence-corrected chi connectivity index (χ0v) is 24.8. The van der Waals surface area contributed by atoms with Gasteiger partial charge in [-0.2, -0.15) is 0 Å². The second-order valence-electron chi connectivity index (χ2n) is 8.92. The Labute approximate surface area is 215 Å². The summed E-state index contributed by atoms with van der Waals surface area (Å²) in [6.07, 6.45) is 6.18. The number of benzene rings is 1. The first-order valence-corrected chi connectivity index (χ1v) is 13.3. The van der Waals surface area contributed by atoms with Gasteiger partial charge in [0.15, 0.2) is 5.09 Å². The van der Waals surface area contributed by atoms with Crippen molar-refractivity contribution in [3.8, 4) is 5.75 Å². The van der Waals surface area contributed by atoms with E-state index in [-0.39, 0.29) is 5.41 Å². The third-order valence-electron chi connectivity index (χ3n) is 5.50. The summed E-state index contributed by atoms with van der Waals surface area (Å²) in [5.74, 6) is 0.897. The molecule has 1 aromatic carbocycles. The summed E-state index contributed by atoms with van der Waals surface area (Å²) in [6, 6.07) is 4.40. The molecule has 0 fully saturated rings. The summed E-state index contributed by atoms with van der Waals surface area (Å²) in [6.45, 7) is 26.4. The number of rotatable bonds is 10. The molecule has 0 aliphatic heterocycles. The van der Waals surface area contributed by atoms with Gasteiger partial charge in [-0.15, -0.1) is 24.4 Å². The Hall–Kier alpha value is -1.17. The molecule has 1 atom stereocenters. The molecule has 1 rings (SSSR count). The van der Waals surface area contributed by atoms with E-state index in [1.807, 2.05) is 25.6 Å². The van der Waals surface area contributed by atoms with Gasteiger partial charge >= 0.3 is 0 Å². The second-order valence-corrected chi connectivity index (χ2v) is 10.8. The van der Waals surface area contributed by atoms with Crippen molar-refractivity contribution in [3.05, 3.63) is 51.0 Å². The molecule has 0 amide bonds. The molecule has 190 valence electrons. The minimum atomic E-state index is 0.283. The maximum absolute atomic E-state index is 6.07. The number of ether oxygens (including phenoxy) is 1. The lowest BCUT2D eigenvalue weighted by Gasteiger charge is -2.27. The molecular formula is C28H50N2OS2. The van der Waals surface area contributed by atoms with Gasteiger partial charge in [0.25, 0.3) is 0 Å². The molecule has 0 bridgehead atoms. The van der Waals surface area contributed by atoms with E-state index >= 15 is 0 Å². The van der Waals surface area contributed by atoms with Crippen molar-refractivity contribution in [2.45, 2.75) is 87.3 Å². The summed E-state index contributed by atoms with van der Waals surface area (Å²) in [4.78, 5) is 3.69. The van der Waals surface area contributed by atoms with Gasteiger partial charge in [0.2, 0.25) is 0 Å². The van der Waals surface area contributed by atoms with E-state index in [2.05, 4.69) is 111 Å². The molecule has 0 radical (unpaired) electrons. The smallest absolute Gasteiger partial charge is 0.154 e. The number of nitrogens with zero attached hydrogens (tertiary/aromatic N) is 1. The van der Waals surface area contributed by atoms with E-state index in [1.54, 1.807) is 0 Å². The lowest BCUT2D eigenvalue weighted by molar-refractivity contribution is 0.357.